The molecule has 144 valence electrons. The van der Waals surface area contributed by atoms with E-state index in [0.717, 1.165) is 6.42 Å². The molecular formula is C21H42O3. The number of hydrogen-bond acceptors (Lipinski definition) is 2. The average Bonchev–Trinajstić information content (AvgIpc) is 2.56. The second-order valence-electron chi connectivity index (χ2n) is 7.06. The van der Waals surface area contributed by atoms with Gasteiger partial charge in [0.25, 0.3) is 0 Å². The lowest BCUT2D eigenvalue weighted by Crippen LogP contribution is -2.03. The van der Waals surface area contributed by atoms with Crippen molar-refractivity contribution in [1.82, 2.24) is 0 Å². The van der Waals surface area contributed by atoms with E-state index in [1.807, 2.05) is 0 Å². The van der Waals surface area contributed by atoms with E-state index in [1.54, 1.807) is 0 Å². The van der Waals surface area contributed by atoms with Gasteiger partial charge in [0.2, 0.25) is 0 Å². The van der Waals surface area contributed by atoms with Gasteiger partial charge in [-0.2, -0.15) is 0 Å². The molecule has 0 fully saturated rings. The number of carbonyl (C=O) groups is 1. The first-order valence-corrected chi connectivity index (χ1v) is 10.6. The summed E-state index contributed by atoms with van der Waals surface area (Å²) >= 11 is 0. The normalized spacial score (nSPS) is 11.0. The molecular weight excluding hydrogens is 300 g/mol. The Kier molecular flexibility index (Phi) is 20.0. The molecule has 0 unspecified atom stereocenters. The highest BCUT2D eigenvalue weighted by Crippen LogP contribution is 2.13. The van der Waals surface area contributed by atoms with Gasteiger partial charge < -0.3 is 9.84 Å². The summed E-state index contributed by atoms with van der Waals surface area (Å²) in [5.74, 6) is -0.776. The Labute approximate surface area is 150 Å². The number of unbranched alkanes of at least 4 members (excludes halogenated alkanes) is 15. The highest BCUT2D eigenvalue weighted by atomic mass is 16.5. The lowest BCUT2D eigenvalue weighted by atomic mass is 10.0. The van der Waals surface area contributed by atoms with E-state index >= 15 is 0 Å². The van der Waals surface area contributed by atoms with Crippen LogP contribution >= 0.6 is 0 Å². The van der Waals surface area contributed by atoms with Crippen molar-refractivity contribution in [2.24, 2.45) is 0 Å². The highest BCUT2D eigenvalue weighted by molar-refractivity contribution is 5.66. The molecule has 0 bridgehead atoms. The first-order valence-electron chi connectivity index (χ1n) is 10.6. The second kappa shape index (κ2) is 20.5. The van der Waals surface area contributed by atoms with Gasteiger partial charge in [-0.25, -0.2) is 0 Å². The van der Waals surface area contributed by atoms with Crippen LogP contribution in [0.2, 0.25) is 0 Å². The smallest absolute Gasteiger partial charge is 0.305 e. The Bertz CT molecular complexity index is 253. The molecule has 0 saturated carbocycles. The second-order valence-corrected chi connectivity index (χ2v) is 7.06. The van der Waals surface area contributed by atoms with Crippen LogP contribution in [0.4, 0.5) is 0 Å². The third-order valence-corrected chi connectivity index (χ3v) is 4.60. The molecule has 0 aromatic heterocycles. The Morgan fingerprint density at radius 1 is 0.625 bits per heavy atom. The van der Waals surface area contributed by atoms with Gasteiger partial charge in [0.1, 0.15) is 0 Å². The maximum absolute atomic E-state index is 10.3. The van der Waals surface area contributed by atoms with E-state index < -0.39 is 5.97 Å². The summed E-state index contributed by atoms with van der Waals surface area (Å²) in [5, 5.41) is 8.48. The van der Waals surface area contributed by atoms with Crippen molar-refractivity contribution in [1.29, 1.82) is 0 Å². The number of carboxylic acids is 1. The molecule has 0 rings (SSSR count). The molecule has 0 aromatic carbocycles. The Hall–Kier alpha value is -0.570. The minimum Gasteiger partial charge on any atom is -0.481 e. The first kappa shape index (κ1) is 23.4. The zero-order valence-corrected chi connectivity index (χ0v) is 16.2. The molecule has 0 aliphatic heterocycles. The summed E-state index contributed by atoms with van der Waals surface area (Å²) < 4.78 is 5.28. The molecule has 0 amide bonds. The standard InChI is InChI=1S/C21H42O3/c1-2-3-4-5-6-7-8-9-10-11-12-13-14-15-16-17-19-24-20-18-21(22)23/h2-20H2,1H3,(H,22,23). The maximum Gasteiger partial charge on any atom is 0.305 e. The monoisotopic (exact) mass is 342 g/mol. The van der Waals surface area contributed by atoms with Crippen molar-refractivity contribution in [2.75, 3.05) is 13.2 Å². The van der Waals surface area contributed by atoms with Gasteiger partial charge >= 0.3 is 5.97 Å². The van der Waals surface area contributed by atoms with E-state index in [2.05, 4.69) is 6.92 Å². The van der Waals surface area contributed by atoms with Gasteiger partial charge in [0.05, 0.1) is 13.0 Å². The van der Waals surface area contributed by atoms with Crippen LogP contribution in [-0.4, -0.2) is 24.3 Å². The zero-order chi connectivity index (χ0) is 17.7. The van der Waals surface area contributed by atoms with Gasteiger partial charge in [0.15, 0.2) is 0 Å². The quantitative estimate of drug-likeness (QED) is 0.249. The van der Waals surface area contributed by atoms with E-state index in [4.69, 9.17) is 9.84 Å². The van der Waals surface area contributed by atoms with Crippen LogP contribution in [-0.2, 0) is 9.53 Å². The van der Waals surface area contributed by atoms with Crippen molar-refractivity contribution in [2.45, 2.75) is 116 Å². The molecule has 0 aliphatic carbocycles. The topological polar surface area (TPSA) is 46.5 Å². The fourth-order valence-corrected chi connectivity index (χ4v) is 3.01. The number of carboxylic acid groups (broad SMARTS) is 1. The third-order valence-electron chi connectivity index (χ3n) is 4.60. The number of hydrogen-bond donors (Lipinski definition) is 1. The van der Waals surface area contributed by atoms with E-state index in [0.29, 0.717) is 13.2 Å². The molecule has 0 aliphatic rings. The fourth-order valence-electron chi connectivity index (χ4n) is 3.01. The largest absolute Gasteiger partial charge is 0.481 e. The van der Waals surface area contributed by atoms with Crippen LogP contribution in [0.25, 0.3) is 0 Å². The minimum absolute atomic E-state index is 0.124. The SMILES string of the molecule is CCCCCCCCCCCCCCCCCCOCCC(=O)O. The number of aliphatic carboxylic acids is 1. The molecule has 0 spiro atoms. The van der Waals surface area contributed by atoms with Crippen LogP contribution in [0.1, 0.15) is 116 Å². The summed E-state index contributed by atoms with van der Waals surface area (Å²) in [6.07, 6.45) is 22.0. The zero-order valence-electron chi connectivity index (χ0n) is 16.2. The molecule has 1 N–H and O–H groups in total. The summed E-state index contributed by atoms with van der Waals surface area (Å²) in [6, 6.07) is 0. The molecule has 24 heavy (non-hydrogen) atoms. The summed E-state index contributed by atoms with van der Waals surface area (Å²) in [4.78, 5) is 10.3. The Morgan fingerprint density at radius 2 is 1.00 bits per heavy atom. The lowest BCUT2D eigenvalue weighted by molar-refractivity contribution is -0.138. The van der Waals surface area contributed by atoms with Crippen LogP contribution in [0.15, 0.2) is 0 Å². The van der Waals surface area contributed by atoms with Gasteiger partial charge in [-0.05, 0) is 6.42 Å². The molecule has 0 heterocycles. The average molecular weight is 343 g/mol. The molecule has 0 atom stereocenters. The number of ether oxygens (including phenoxy) is 1. The molecule has 3 nitrogen and oxygen atoms in total. The number of rotatable bonds is 20. The highest BCUT2D eigenvalue weighted by Gasteiger charge is 1.97. The van der Waals surface area contributed by atoms with Gasteiger partial charge in [-0.15, -0.1) is 0 Å². The van der Waals surface area contributed by atoms with Crippen LogP contribution in [0, 0.1) is 0 Å². The van der Waals surface area contributed by atoms with Crippen molar-refractivity contribution in [3.63, 3.8) is 0 Å². The summed E-state index contributed by atoms with van der Waals surface area (Å²) in [6.45, 7) is 3.35. The lowest BCUT2D eigenvalue weighted by Gasteiger charge is -2.04. The van der Waals surface area contributed by atoms with E-state index in [1.165, 1.54) is 96.3 Å². The molecule has 0 radical (unpaired) electrons. The van der Waals surface area contributed by atoms with Crippen molar-refractivity contribution < 1.29 is 14.6 Å². The first-order chi connectivity index (χ1) is 11.8. The molecule has 0 saturated heterocycles. The van der Waals surface area contributed by atoms with Crippen LogP contribution < -0.4 is 0 Å². The Morgan fingerprint density at radius 3 is 1.38 bits per heavy atom. The summed E-state index contributed by atoms with van der Waals surface area (Å²) in [7, 11) is 0. The Balaban J connectivity index is 2.97. The van der Waals surface area contributed by atoms with Gasteiger partial charge in [-0.1, -0.05) is 103 Å². The van der Waals surface area contributed by atoms with Crippen molar-refractivity contribution in [3.05, 3.63) is 0 Å². The maximum atomic E-state index is 10.3. The van der Waals surface area contributed by atoms with Crippen molar-refractivity contribution >= 4 is 5.97 Å². The van der Waals surface area contributed by atoms with Gasteiger partial charge in [0, 0.05) is 6.61 Å². The van der Waals surface area contributed by atoms with Gasteiger partial charge in [-0.3, -0.25) is 4.79 Å². The van der Waals surface area contributed by atoms with Crippen molar-refractivity contribution in [3.8, 4) is 0 Å². The van der Waals surface area contributed by atoms with Crippen LogP contribution in [0.3, 0.4) is 0 Å². The predicted octanol–water partition coefficient (Wildman–Crippen LogP) is 6.74. The summed E-state index contributed by atoms with van der Waals surface area (Å²) in [5.41, 5.74) is 0. The minimum atomic E-state index is -0.776. The van der Waals surface area contributed by atoms with Crippen LogP contribution in [0.5, 0.6) is 0 Å². The molecule has 3 heteroatoms. The van der Waals surface area contributed by atoms with E-state index in [9.17, 15) is 4.79 Å². The third kappa shape index (κ3) is 21.4. The molecule has 0 aromatic rings. The van der Waals surface area contributed by atoms with E-state index in [-0.39, 0.29) is 6.42 Å². The fraction of sp³-hybridized carbons (Fsp3) is 0.952. The predicted molar refractivity (Wildman–Crippen MR) is 103 cm³/mol.